The molecule has 0 heterocycles. The predicted molar refractivity (Wildman–Crippen MR) is 277 cm³/mol. The van der Waals surface area contributed by atoms with Crippen molar-refractivity contribution in [3.63, 3.8) is 0 Å². The van der Waals surface area contributed by atoms with Crippen molar-refractivity contribution in [3.05, 3.63) is 243 Å². The average molecular weight is 917 g/mol. The standard InChI is InChI=1S/2C28H28O2P2/c2*1-23(31(29,25-15-7-3-8-16-25)26-17-9-4-10-18-26)24(2)32(30,27-19-11-5-12-20-27)28-21-13-6-14-22-28/h2*3-24H,1-2H3/t2*23-,24-/m11/s1. The van der Waals surface area contributed by atoms with Gasteiger partial charge in [0.1, 0.15) is 28.6 Å². The fraction of sp³-hybridized carbons (Fsp3) is 0.143. The van der Waals surface area contributed by atoms with Crippen LogP contribution in [0.2, 0.25) is 0 Å². The Bertz CT molecular complexity index is 2310. The first-order chi connectivity index (χ1) is 31.0. The van der Waals surface area contributed by atoms with E-state index in [-0.39, 0.29) is 22.6 Å². The van der Waals surface area contributed by atoms with Crippen molar-refractivity contribution in [2.24, 2.45) is 0 Å². The van der Waals surface area contributed by atoms with Gasteiger partial charge in [-0.3, -0.25) is 0 Å². The first-order valence-electron chi connectivity index (χ1n) is 21.8. The molecule has 0 unspecified atom stereocenters. The van der Waals surface area contributed by atoms with Gasteiger partial charge in [0, 0.05) is 65.1 Å². The van der Waals surface area contributed by atoms with E-state index in [0.29, 0.717) is 0 Å². The average Bonchev–Trinajstić information content (AvgIpc) is 3.39. The van der Waals surface area contributed by atoms with E-state index in [0.717, 1.165) is 42.4 Å². The third-order valence-electron chi connectivity index (χ3n) is 12.8. The minimum atomic E-state index is -3.08. The Kier molecular flexibility index (Phi) is 15.1. The summed E-state index contributed by atoms with van der Waals surface area (Å²) < 4.78 is 59.8. The van der Waals surface area contributed by atoms with Gasteiger partial charge in [0.05, 0.1) is 0 Å². The Morgan fingerprint density at radius 1 is 0.203 bits per heavy atom. The van der Waals surface area contributed by atoms with Crippen molar-refractivity contribution < 1.29 is 18.3 Å². The molecule has 8 aromatic carbocycles. The maximum Gasteiger partial charge on any atom is 0.146 e. The van der Waals surface area contributed by atoms with Crippen LogP contribution in [-0.2, 0) is 18.3 Å². The van der Waals surface area contributed by atoms with Gasteiger partial charge in [0.2, 0.25) is 0 Å². The number of rotatable bonds is 14. The topological polar surface area (TPSA) is 68.3 Å². The fourth-order valence-electron chi connectivity index (χ4n) is 8.89. The molecule has 0 saturated carbocycles. The maximum atomic E-state index is 14.9. The molecule has 0 aliphatic carbocycles. The summed E-state index contributed by atoms with van der Waals surface area (Å²) in [6.45, 7) is 8.02. The van der Waals surface area contributed by atoms with E-state index >= 15 is 0 Å². The zero-order valence-electron chi connectivity index (χ0n) is 36.8. The van der Waals surface area contributed by atoms with E-state index in [1.807, 2.05) is 270 Å². The van der Waals surface area contributed by atoms with Gasteiger partial charge in [-0.15, -0.1) is 0 Å². The van der Waals surface area contributed by atoms with Crippen LogP contribution in [0.25, 0.3) is 0 Å². The molecule has 324 valence electrons. The Labute approximate surface area is 380 Å². The van der Waals surface area contributed by atoms with Crippen LogP contribution in [-0.4, -0.2) is 22.6 Å². The summed E-state index contributed by atoms with van der Waals surface area (Å²) in [7, 11) is -12.3. The predicted octanol–water partition coefficient (Wildman–Crippen LogP) is 11.6. The molecule has 0 radical (unpaired) electrons. The van der Waals surface area contributed by atoms with Crippen LogP contribution >= 0.6 is 28.6 Å². The Balaban J connectivity index is 0.000000191. The largest absolute Gasteiger partial charge is 0.313 e. The highest BCUT2D eigenvalue weighted by molar-refractivity contribution is 7.84. The zero-order chi connectivity index (χ0) is 45.2. The lowest BCUT2D eigenvalue weighted by Crippen LogP contribution is -2.36. The minimum Gasteiger partial charge on any atom is -0.313 e. The molecule has 0 amide bonds. The SMILES string of the molecule is C[C@H]([C@@H](C)P(=O)(c1ccccc1)c1ccccc1)P(=O)(c1ccccc1)c1ccccc1.C[C@H]([C@@H](C)P(=O)(c1ccccc1)c1ccccc1)P(=O)(c1ccccc1)c1ccccc1. The van der Waals surface area contributed by atoms with Crippen LogP contribution in [0.15, 0.2) is 243 Å². The molecule has 0 aromatic heterocycles. The van der Waals surface area contributed by atoms with Gasteiger partial charge >= 0.3 is 0 Å². The number of hydrogen-bond acceptors (Lipinski definition) is 4. The van der Waals surface area contributed by atoms with E-state index in [1.54, 1.807) is 0 Å². The molecule has 8 rings (SSSR count). The molecule has 0 saturated heterocycles. The normalized spacial score (nSPS) is 13.9. The second-order valence-electron chi connectivity index (χ2n) is 16.3. The van der Waals surface area contributed by atoms with Crippen LogP contribution in [0.4, 0.5) is 0 Å². The van der Waals surface area contributed by atoms with E-state index < -0.39 is 28.6 Å². The van der Waals surface area contributed by atoms with Crippen molar-refractivity contribution in [1.82, 2.24) is 0 Å². The molecule has 64 heavy (non-hydrogen) atoms. The third-order valence-corrected chi connectivity index (χ3v) is 28.2. The van der Waals surface area contributed by atoms with Gasteiger partial charge in [-0.05, 0) is 0 Å². The lowest BCUT2D eigenvalue weighted by Gasteiger charge is -2.35. The lowest BCUT2D eigenvalue weighted by molar-refractivity contribution is 0.565. The van der Waals surface area contributed by atoms with Crippen molar-refractivity contribution in [2.75, 3.05) is 0 Å². The maximum absolute atomic E-state index is 14.9. The Hall–Kier alpha value is -5.32. The molecular weight excluding hydrogens is 861 g/mol. The van der Waals surface area contributed by atoms with Crippen LogP contribution in [0.5, 0.6) is 0 Å². The summed E-state index contributed by atoms with van der Waals surface area (Å²) in [5.74, 6) is 0. The number of benzene rings is 8. The summed E-state index contributed by atoms with van der Waals surface area (Å²) in [6, 6.07) is 77.3. The zero-order valence-corrected chi connectivity index (χ0v) is 40.4. The highest BCUT2D eigenvalue weighted by Crippen LogP contribution is 2.61. The van der Waals surface area contributed by atoms with Gasteiger partial charge in [0.15, 0.2) is 0 Å². The van der Waals surface area contributed by atoms with Crippen LogP contribution < -0.4 is 42.4 Å². The molecular formula is C56H56O4P4. The van der Waals surface area contributed by atoms with E-state index in [4.69, 9.17) is 0 Å². The van der Waals surface area contributed by atoms with Gasteiger partial charge in [-0.2, -0.15) is 0 Å². The number of hydrogen-bond donors (Lipinski definition) is 0. The molecule has 0 N–H and O–H groups in total. The van der Waals surface area contributed by atoms with E-state index in [1.165, 1.54) is 0 Å². The summed E-state index contributed by atoms with van der Waals surface area (Å²) in [6.07, 6.45) is 0. The van der Waals surface area contributed by atoms with Crippen molar-refractivity contribution >= 4 is 71.0 Å². The van der Waals surface area contributed by atoms with E-state index in [2.05, 4.69) is 0 Å². The first kappa shape index (κ1) is 46.7. The Morgan fingerprint density at radius 2 is 0.297 bits per heavy atom. The van der Waals surface area contributed by atoms with Crippen molar-refractivity contribution in [2.45, 2.75) is 50.3 Å². The molecule has 4 nitrogen and oxygen atoms in total. The Morgan fingerprint density at radius 3 is 0.391 bits per heavy atom. The van der Waals surface area contributed by atoms with Crippen LogP contribution in [0.1, 0.15) is 27.7 Å². The summed E-state index contributed by atoms with van der Waals surface area (Å²) in [5, 5.41) is 6.43. The second-order valence-corrected chi connectivity index (χ2v) is 28.9. The monoisotopic (exact) mass is 916 g/mol. The first-order valence-corrected chi connectivity index (χ1v) is 28.9. The molecule has 0 aliphatic heterocycles. The van der Waals surface area contributed by atoms with Crippen molar-refractivity contribution in [1.29, 1.82) is 0 Å². The summed E-state index contributed by atoms with van der Waals surface area (Å²) in [4.78, 5) is 0. The van der Waals surface area contributed by atoms with Crippen molar-refractivity contribution in [3.8, 4) is 0 Å². The third kappa shape index (κ3) is 9.14. The summed E-state index contributed by atoms with van der Waals surface area (Å²) >= 11 is 0. The molecule has 0 bridgehead atoms. The molecule has 0 spiro atoms. The molecule has 8 heteroatoms. The quantitative estimate of drug-likeness (QED) is 0.102. The van der Waals surface area contributed by atoms with E-state index in [9.17, 15) is 18.3 Å². The molecule has 0 aliphatic rings. The lowest BCUT2D eigenvalue weighted by atomic mass is 10.3. The van der Waals surface area contributed by atoms with Gasteiger partial charge < -0.3 is 18.3 Å². The highest BCUT2D eigenvalue weighted by atomic mass is 31.2. The fourth-order valence-corrected chi connectivity index (χ4v) is 23.4. The highest BCUT2D eigenvalue weighted by Gasteiger charge is 2.47. The van der Waals surface area contributed by atoms with Gasteiger partial charge in [0.25, 0.3) is 0 Å². The minimum absolute atomic E-state index is 0.335. The molecule has 4 atom stereocenters. The smallest absolute Gasteiger partial charge is 0.146 e. The summed E-state index contributed by atoms with van der Waals surface area (Å²) in [5.41, 5.74) is -1.34. The van der Waals surface area contributed by atoms with Crippen LogP contribution in [0.3, 0.4) is 0 Å². The molecule has 8 aromatic rings. The molecule has 0 fully saturated rings. The van der Waals surface area contributed by atoms with Gasteiger partial charge in [-0.1, -0.05) is 270 Å². The second kappa shape index (κ2) is 20.7. The van der Waals surface area contributed by atoms with Gasteiger partial charge in [-0.25, -0.2) is 0 Å². The van der Waals surface area contributed by atoms with Crippen LogP contribution in [0, 0.1) is 0 Å².